The molecule has 2 amide bonds. The lowest BCUT2D eigenvalue weighted by Crippen LogP contribution is -2.28. The van der Waals surface area contributed by atoms with E-state index >= 15 is 0 Å². The Morgan fingerprint density at radius 3 is 1.33 bits per heavy atom. The van der Waals surface area contributed by atoms with Crippen molar-refractivity contribution in [1.29, 1.82) is 0 Å². The van der Waals surface area contributed by atoms with Crippen LogP contribution in [0.4, 0.5) is 34.1 Å². The number of nitro benzene ring substituents is 3. The van der Waals surface area contributed by atoms with Gasteiger partial charge in [0.25, 0.3) is 17.1 Å². The number of aldehydes is 2. The summed E-state index contributed by atoms with van der Waals surface area (Å²) < 4.78 is 33.4. The Labute approximate surface area is 731 Å². The number of carbonyl (C=O) groups is 8. The first-order valence-electron chi connectivity index (χ1n) is 36.9. The van der Waals surface area contributed by atoms with Crippen LogP contribution < -0.4 is 31.9 Å². The van der Waals surface area contributed by atoms with Crippen LogP contribution in [0.15, 0.2) is 115 Å². The molecule has 4 atom stereocenters. The van der Waals surface area contributed by atoms with Crippen molar-refractivity contribution in [3.05, 3.63) is 233 Å². The van der Waals surface area contributed by atoms with E-state index < -0.39 is 68.6 Å². The molecule has 6 aromatic rings. The van der Waals surface area contributed by atoms with E-state index in [1.54, 1.807) is 32.9 Å². The summed E-state index contributed by atoms with van der Waals surface area (Å²) in [6.45, 7) is 15.6. The Morgan fingerprint density at radius 2 is 0.951 bits per heavy atom. The highest BCUT2D eigenvalue weighted by Gasteiger charge is 2.29. The van der Waals surface area contributed by atoms with Gasteiger partial charge in [-0.2, -0.15) is 0 Å². The maximum absolute atomic E-state index is 11.4. The molecule has 0 bridgehead atoms. The largest absolute Gasteiger partial charge is 0.481 e. The quantitative estimate of drug-likeness (QED) is 0.00301. The van der Waals surface area contributed by atoms with E-state index in [1.165, 1.54) is 112 Å². The number of methoxy groups -OCH3 is 3. The molecule has 670 valence electrons. The number of alkyl halides is 5. The van der Waals surface area contributed by atoms with Gasteiger partial charge in [-0.25, -0.2) is 4.79 Å². The average molecular weight is 1830 g/mol. The average Bonchev–Trinajstić information content (AvgIpc) is 1.79. The summed E-state index contributed by atoms with van der Waals surface area (Å²) in [5, 5.41) is 65.8. The second-order valence-corrected chi connectivity index (χ2v) is 30.3. The maximum atomic E-state index is 11.4. The normalized spacial score (nSPS) is 13.1. The Hall–Kier alpha value is -10.8. The number of non-ortho nitro benzene ring substituents is 3. The Morgan fingerprint density at radius 1 is 0.557 bits per heavy atom. The summed E-state index contributed by atoms with van der Waals surface area (Å²) in [5.41, 5.74) is 24.7. The fraction of sp³-hybridized carbons (Fsp3) is 0.425. The Balaban J connectivity index is 0.00000139. The van der Waals surface area contributed by atoms with Gasteiger partial charge in [-0.1, -0.05) is 36.4 Å². The molecule has 2 aliphatic rings. The molecule has 7 N–H and O–H groups in total. The number of nitrogens with one attached hydrogen (secondary N) is 2. The highest BCUT2D eigenvalue weighted by Crippen LogP contribution is 2.46. The van der Waals surface area contributed by atoms with Crippen molar-refractivity contribution in [2.75, 3.05) is 146 Å². The van der Waals surface area contributed by atoms with Gasteiger partial charge in [-0.15, -0.1) is 58.0 Å². The highest BCUT2D eigenvalue weighted by atomic mass is 35.5. The van der Waals surface area contributed by atoms with Gasteiger partial charge in [0.15, 0.2) is 13.3 Å². The molecule has 2 saturated heterocycles. The summed E-state index contributed by atoms with van der Waals surface area (Å²) in [7, 11) is 3.76. The van der Waals surface area contributed by atoms with Gasteiger partial charge in [0.1, 0.15) is 12.4 Å². The van der Waals surface area contributed by atoms with E-state index in [-0.39, 0.29) is 65.6 Å². The topological polar surface area (TPSA) is 518 Å². The van der Waals surface area contributed by atoms with Crippen molar-refractivity contribution in [2.45, 2.75) is 90.9 Å². The molecular formula is C80H105Cl5N11O25P. The number of esters is 3. The van der Waals surface area contributed by atoms with Crippen LogP contribution in [0, 0.1) is 92.1 Å². The second kappa shape index (κ2) is 60.6. The maximum Gasteiger partial charge on any atom is 0.341 e. The van der Waals surface area contributed by atoms with Crippen molar-refractivity contribution < 1.29 is 95.9 Å². The molecule has 2 aliphatic heterocycles. The lowest BCUT2D eigenvalue weighted by atomic mass is 9.91. The molecule has 0 aromatic heterocycles. The number of amides is 2. The lowest BCUT2D eigenvalue weighted by Gasteiger charge is -2.25. The zero-order valence-corrected chi connectivity index (χ0v) is 74.3. The van der Waals surface area contributed by atoms with E-state index in [4.69, 9.17) is 89.5 Å². The van der Waals surface area contributed by atoms with Gasteiger partial charge in [0.05, 0.1) is 60.7 Å². The molecule has 4 unspecified atom stereocenters. The molecule has 36 nitrogen and oxygen atoms in total. The number of hydrogen-bond donors (Lipinski definition) is 5. The molecule has 8 rings (SSSR count). The number of carbonyl (C=O) groups excluding carboxylic acids is 7. The number of nitro groups is 5. The molecule has 6 aromatic carbocycles. The van der Waals surface area contributed by atoms with Crippen LogP contribution in [0.1, 0.15) is 121 Å². The zero-order chi connectivity index (χ0) is 92.9. The first kappa shape index (κ1) is 111. The summed E-state index contributed by atoms with van der Waals surface area (Å²) in [4.78, 5) is 138. The lowest BCUT2D eigenvalue weighted by molar-refractivity contribution is -0.483. The molecule has 0 aliphatic carbocycles. The number of halogens is 5. The number of aryl methyl sites for hydroxylation is 6. The SMILES string of the molecule is COC(=O)/C=C/c1cc([N+](=O)[O-])ccc1C.COC(=O)CC(C[N+](=O)[O-])c1cc([N+](=O)[O-])ccc1C.COC(=O)CP(=O)(OC)OC.C[N+](=O)[O-].Cc1ccc(N(CCCl)CCCl)cc1C(CN)CC(=O)O.Cc1ccc(N(CCCl)CCCl)cc1C1CNC(=O)C1.Cc1ccc(N)cc1C1CNC(=O)C1.Cc1ccc([N+](=O)[O-])cc1C=O.O=CCCl. The summed E-state index contributed by atoms with van der Waals surface area (Å²) in [5.74, 6) is -0.358. The van der Waals surface area contributed by atoms with Gasteiger partial charge < -0.3 is 65.1 Å². The molecule has 0 radical (unpaired) electrons. The molecular weight excluding hydrogens is 1720 g/mol. The van der Waals surface area contributed by atoms with Crippen LogP contribution in [0.2, 0.25) is 0 Å². The predicted octanol–water partition coefficient (Wildman–Crippen LogP) is 13.5. The molecule has 0 spiro atoms. The van der Waals surface area contributed by atoms with Gasteiger partial charge >= 0.3 is 31.5 Å². The number of aliphatic carboxylic acids is 1. The number of nitrogens with zero attached hydrogens (tertiary/aromatic N) is 7. The number of rotatable bonds is 32. The van der Waals surface area contributed by atoms with Gasteiger partial charge in [0, 0.05) is 183 Å². The number of anilines is 3. The van der Waals surface area contributed by atoms with E-state index in [1.807, 2.05) is 43.3 Å². The minimum absolute atomic E-state index is 0.00452. The third-order valence-electron chi connectivity index (χ3n) is 17.7. The minimum atomic E-state index is -3.23. The van der Waals surface area contributed by atoms with E-state index in [2.05, 4.69) is 75.7 Å². The van der Waals surface area contributed by atoms with E-state index in [9.17, 15) is 78.6 Å². The number of hydrogen-bond acceptors (Lipinski definition) is 28. The minimum Gasteiger partial charge on any atom is -0.481 e. The number of carboxylic acid groups (broad SMARTS) is 1. The van der Waals surface area contributed by atoms with Gasteiger partial charge in [-0.3, -0.25) is 83.9 Å². The predicted molar refractivity (Wildman–Crippen MR) is 469 cm³/mol. The Bertz CT molecular complexity index is 4510. The summed E-state index contributed by atoms with van der Waals surface area (Å²) in [6, 6.07) is 31.0. The third kappa shape index (κ3) is 43.1. The molecule has 2 heterocycles. The summed E-state index contributed by atoms with van der Waals surface area (Å²) >= 11 is 28.2. The molecule has 2 fully saturated rings. The van der Waals surface area contributed by atoms with E-state index in [0.717, 1.165) is 72.5 Å². The van der Waals surface area contributed by atoms with Crippen LogP contribution in [-0.2, 0) is 61.4 Å². The summed E-state index contributed by atoms with van der Waals surface area (Å²) in [6.07, 6.45) is 4.63. The van der Waals surface area contributed by atoms with Gasteiger partial charge in [-0.05, 0) is 152 Å². The zero-order valence-electron chi connectivity index (χ0n) is 69.6. The van der Waals surface area contributed by atoms with Crippen molar-refractivity contribution in [1.82, 2.24) is 10.6 Å². The molecule has 0 saturated carbocycles. The van der Waals surface area contributed by atoms with Crippen molar-refractivity contribution >= 4 is 154 Å². The Kier molecular flexibility index (Phi) is 55.3. The third-order valence-corrected chi connectivity index (χ3v) is 20.3. The monoisotopic (exact) mass is 1830 g/mol. The number of benzene rings is 6. The van der Waals surface area contributed by atoms with E-state index in [0.29, 0.717) is 96.7 Å². The fourth-order valence-electron chi connectivity index (χ4n) is 11.3. The number of carboxylic acids is 1. The van der Waals surface area contributed by atoms with Crippen LogP contribution >= 0.6 is 65.6 Å². The number of nitrogens with two attached hydrogens (primary N) is 2. The molecule has 122 heavy (non-hydrogen) atoms. The smallest absolute Gasteiger partial charge is 0.341 e. The van der Waals surface area contributed by atoms with Crippen LogP contribution in [0.5, 0.6) is 0 Å². The number of nitrogen functional groups attached to an aromatic ring is 1. The highest BCUT2D eigenvalue weighted by molar-refractivity contribution is 7.54. The van der Waals surface area contributed by atoms with Crippen LogP contribution in [-0.4, -0.2) is 209 Å². The number of ether oxygens (including phenoxy) is 3. The molecule has 42 heteroatoms. The standard InChI is InChI=1S/C15H22Cl2N2O2.C15H20Cl2N2O.C12H14N2O6.C11H14N2O.C11H11NO4.C8H7NO3.C5H11O5P.C2H3ClO.CH3NO2/c1-11-2-3-13(19(6-4-16)7-5-17)9-14(11)12(10-18)8-15(20)21;1-11-2-3-13(19(6-4-16)7-5-17)9-14(11)12-8-15(20)18-10-12;1-8-3-4-10(14(18)19)6-11(8)9(7-13(16)17)5-12(15)20-2;1-7-2-3-9(12)5-10(7)8-4-11(14)13-6-8;1-8-3-5-10(12(14)15)7-9(8)4-6-11(13)16-2;1-6-2-3-8(9(11)12)4-7(6)5-10;1-8-5(6)4-11(7,9-2)10-3;3-1-2-4;1-2(3)4/h2-3,9,12H,4-8,10,18H2,1H3,(H,20,21);2-3,9,12H,4-8,10H2,1H3,(H,18,20);3-4,6,9H,5,7H2,1-2H3;2-3,5,8H,4,6,12H2,1H3,(H,13,14);3-7H,1-2H3;2-5H,1H3;4H2,1-3H3;2H,1H2;1H3/b;;;;6-4+;;;;. The van der Waals surface area contributed by atoms with Crippen molar-refractivity contribution in [3.63, 3.8) is 0 Å². The van der Waals surface area contributed by atoms with Crippen LogP contribution in [0.25, 0.3) is 6.08 Å². The van der Waals surface area contributed by atoms with Crippen LogP contribution in [0.3, 0.4) is 0 Å². The second-order valence-electron chi connectivity index (χ2n) is 26.2. The van der Waals surface area contributed by atoms with Crippen molar-refractivity contribution in [3.8, 4) is 0 Å². The first-order valence-corrected chi connectivity index (χ1v) is 41.3. The fourth-order valence-corrected chi connectivity index (χ4v) is 13.0. The van der Waals surface area contributed by atoms with Gasteiger partial charge in [0.2, 0.25) is 18.4 Å². The van der Waals surface area contributed by atoms with Crippen molar-refractivity contribution in [2.24, 2.45) is 5.73 Å². The first-order chi connectivity index (χ1) is 57.6.